The number of thiazole rings is 1. The van der Waals surface area contributed by atoms with Gasteiger partial charge in [0.25, 0.3) is 5.56 Å². The number of rotatable bonds is 4. The lowest BCUT2D eigenvalue weighted by Gasteiger charge is -2.08. The number of fused-ring (bicyclic) bond motifs is 1. The predicted octanol–water partition coefficient (Wildman–Crippen LogP) is 5.68. The first-order valence-corrected chi connectivity index (χ1v) is 10.2. The Hall–Kier alpha value is -3.11. The van der Waals surface area contributed by atoms with Gasteiger partial charge in [-0.15, -0.1) is 0 Å². The Bertz CT molecular complexity index is 1340. The number of aromatic hydroxyl groups is 1. The van der Waals surface area contributed by atoms with Gasteiger partial charge < -0.3 is 5.11 Å². The third-order valence-electron chi connectivity index (χ3n) is 4.46. The zero-order valence-electron chi connectivity index (χ0n) is 15.9. The molecule has 0 aliphatic rings. The van der Waals surface area contributed by atoms with E-state index in [2.05, 4.69) is 15.1 Å². The van der Waals surface area contributed by atoms with E-state index in [1.165, 1.54) is 18.2 Å². The average molecular weight is 467 g/mol. The summed E-state index contributed by atoms with van der Waals surface area (Å²) in [6.45, 7) is 1.56. The SMILES string of the molecule is CCC(=Nc1cc(Cl)ccc1O)c1c(C(F)(F)F)[nH]n(-c2nc3ccccc3s2)c1=O. The zero-order chi connectivity index (χ0) is 22.3. The van der Waals surface area contributed by atoms with Gasteiger partial charge in [0, 0.05) is 5.02 Å². The molecule has 6 nitrogen and oxygen atoms in total. The second kappa shape index (κ2) is 7.86. The zero-order valence-corrected chi connectivity index (χ0v) is 17.4. The molecule has 31 heavy (non-hydrogen) atoms. The molecule has 2 aromatic heterocycles. The maximum absolute atomic E-state index is 13.8. The third kappa shape index (κ3) is 3.96. The summed E-state index contributed by atoms with van der Waals surface area (Å²) in [5, 5.41) is 12.5. The summed E-state index contributed by atoms with van der Waals surface area (Å²) in [5.41, 5.74) is -2.43. The number of phenolic OH excluding ortho intramolecular Hbond substituents is 1. The first-order valence-electron chi connectivity index (χ1n) is 9.03. The number of benzene rings is 2. The van der Waals surface area contributed by atoms with Crippen molar-refractivity contribution in [2.75, 3.05) is 0 Å². The Labute approximate surface area is 182 Å². The summed E-state index contributed by atoms with van der Waals surface area (Å²) in [5.74, 6) is -0.272. The van der Waals surface area contributed by atoms with Gasteiger partial charge in [-0.3, -0.25) is 9.89 Å². The number of nitrogens with zero attached hydrogens (tertiary/aromatic N) is 3. The van der Waals surface area contributed by atoms with Crippen molar-refractivity contribution in [3.8, 4) is 10.9 Å². The van der Waals surface area contributed by atoms with Crippen LogP contribution >= 0.6 is 22.9 Å². The van der Waals surface area contributed by atoms with E-state index in [0.29, 0.717) is 5.52 Å². The van der Waals surface area contributed by atoms with E-state index in [1.807, 2.05) is 0 Å². The minimum Gasteiger partial charge on any atom is -0.506 e. The minimum absolute atomic E-state index is 0.00196. The summed E-state index contributed by atoms with van der Waals surface area (Å²) in [4.78, 5) is 21.5. The van der Waals surface area contributed by atoms with E-state index in [-0.39, 0.29) is 33.7 Å². The van der Waals surface area contributed by atoms with Crippen LogP contribution in [0.2, 0.25) is 5.02 Å². The standard InChI is InChI=1S/C20H14ClF3N4O2S/c1-2-11(25-13-9-10(21)7-8-14(13)29)16-17(20(22,23)24)27-28(18(16)30)19-26-12-5-3-4-6-15(12)31-19/h3-9,27,29H,2H2,1H3. The first-order chi connectivity index (χ1) is 14.7. The van der Waals surface area contributed by atoms with Crippen molar-refractivity contribution in [1.82, 2.24) is 14.8 Å². The summed E-state index contributed by atoms with van der Waals surface area (Å²) in [7, 11) is 0. The number of aliphatic imine (C=N–C) groups is 1. The van der Waals surface area contributed by atoms with Gasteiger partial charge in [-0.25, -0.2) is 9.98 Å². The second-order valence-corrected chi connectivity index (χ2v) is 7.95. The van der Waals surface area contributed by atoms with Crippen LogP contribution in [0.1, 0.15) is 24.6 Å². The molecule has 0 saturated carbocycles. The fourth-order valence-electron chi connectivity index (χ4n) is 3.04. The molecule has 0 saturated heterocycles. The Balaban J connectivity index is 1.95. The molecule has 0 unspecified atom stereocenters. The molecule has 0 aliphatic heterocycles. The molecule has 2 N–H and O–H groups in total. The van der Waals surface area contributed by atoms with Crippen LogP contribution in [0.4, 0.5) is 18.9 Å². The van der Waals surface area contributed by atoms with Crippen LogP contribution in [0.15, 0.2) is 52.3 Å². The predicted molar refractivity (Wildman–Crippen MR) is 114 cm³/mol. The minimum atomic E-state index is -4.84. The van der Waals surface area contributed by atoms with Gasteiger partial charge in [0.05, 0.1) is 21.5 Å². The molecule has 0 amide bonds. The van der Waals surface area contributed by atoms with Crippen LogP contribution in [0.3, 0.4) is 0 Å². The van der Waals surface area contributed by atoms with Crippen molar-refractivity contribution in [2.24, 2.45) is 4.99 Å². The van der Waals surface area contributed by atoms with Gasteiger partial charge in [0.15, 0.2) is 5.69 Å². The van der Waals surface area contributed by atoms with Crippen molar-refractivity contribution in [2.45, 2.75) is 19.5 Å². The summed E-state index contributed by atoms with van der Waals surface area (Å²) < 4.78 is 42.9. The van der Waals surface area contributed by atoms with Crippen molar-refractivity contribution in [3.63, 3.8) is 0 Å². The van der Waals surface area contributed by atoms with Gasteiger partial charge >= 0.3 is 6.18 Å². The quantitative estimate of drug-likeness (QED) is 0.379. The molecule has 0 aliphatic carbocycles. The molecular formula is C20H14ClF3N4O2S. The van der Waals surface area contributed by atoms with Crippen LogP contribution in [0, 0.1) is 0 Å². The highest BCUT2D eigenvalue weighted by atomic mass is 35.5. The normalized spacial score (nSPS) is 12.6. The lowest BCUT2D eigenvalue weighted by molar-refractivity contribution is -0.141. The number of hydrogen-bond acceptors (Lipinski definition) is 5. The van der Waals surface area contributed by atoms with Crippen LogP contribution in [-0.2, 0) is 6.18 Å². The van der Waals surface area contributed by atoms with E-state index in [0.717, 1.165) is 20.7 Å². The number of phenols is 1. The second-order valence-electron chi connectivity index (χ2n) is 6.51. The fraction of sp³-hybridized carbons (Fsp3) is 0.150. The Kier molecular flexibility index (Phi) is 5.36. The van der Waals surface area contributed by atoms with Crippen LogP contribution in [-0.4, -0.2) is 25.6 Å². The molecule has 4 aromatic rings. The highest BCUT2D eigenvalue weighted by molar-refractivity contribution is 7.20. The van der Waals surface area contributed by atoms with E-state index in [1.54, 1.807) is 31.2 Å². The summed E-state index contributed by atoms with van der Waals surface area (Å²) in [6.07, 6.45) is -4.84. The fourth-order valence-corrected chi connectivity index (χ4v) is 4.14. The van der Waals surface area contributed by atoms with Gasteiger partial charge in [0.2, 0.25) is 5.13 Å². The van der Waals surface area contributed by atoms with Gasteiger partial charge in [-0.2, -0.15) is 17.9 Å². The molecular weight excluding hydrogens is 453 g/mol. The maximum Gasteiger partial charge on any atom is 0.433 e. The number of H-pyrrole nitrogens is 1. The third-order valence-corrected chi connectivity index (χ3v) is 5.72. The van der Waals surface area contributed by atoms with Crippen molar-refractivity contribution in [3.05, 3.63) is 69.1 Å². The van der Waals surface area contributed by atoms with Gasteiger partial charge in [-0.1, -0.05) is 42.0 Å². The number of aromatic amines is 1. The van der Waals surface area contributed by atoms with Crippen molar-refractivity contribution in [1.29, 1.82) is 0 Å². The molecule has 2 aromatic carbocycles. The number of para-hydroxylation sites is 1. The number of nitrogens with one attached hydrogen (secondary N) is 1. The highest BCUT2D eigenvalue weighted by Crippen LogP contribution is 2.34. The molecule has 0 bridgehead atoms. The highest BCUT2D eigenvalue weighted by Gasteiger charge is 2.39. The van der Waals surface area contributed by atoms with E-state index in [9.17, 15) is 23.1 Å². The van der Waals surface area contributed by atoms with Crippen LogP contribution < -0.4 is 5.56 Å². The lowest BCUT2D eigenvalue weighted by atomic mass is 10.1. The Morgan fingerprint density at radius 3 is 2.71 bits per heavy atom. The monoisotopic (exact) mass is 466 g/mol. The summed E-state index contributed by atoms with van der Waals surface area (Å²) in [6, 6.07) is 11.0. The smallest absolute Gasteiger partial charge is 0.433 e. The Morgan fingerprint density at radius 2 is 2.03 bits per heavy atom. The molecule has 0 radical (unpaired) electrons. The molecule has 11 heteroatoms. The van der Waals surface area contributed by atoms with Gasteiger partial charge in [-0.05, 0) is 36.8 Å². The van der Waals surface area contributed by atoms with Gasteiger partial charge in [0.1, 0.15) is 11.4 Å². The van der Waals surface area contributed by atoms with Crippen LogP contribution in [0.5, 0.6) is 5.75 Å². The largest absolute Gasteiger partial charge is 0.506 e. The number of alkyl halides is 3. The molecule has 160 valence electrons. The van der Waals surface area contributed by atoms with E-state index in [4.69, 9.17) is 11.6 Å². The molecule has 2 heterocycles. The molecule has 0 atom stereocenters. The van der Waals surface area contributed by atoms with E-state index < -0.39 is 23.0 Å². The molecule has 0 fully saturated rings. The Morgan fingerprint density at radius 1 is 1.29 bits per heavy atom. The number of hydrogen-bond donors (Lipinski definition) is 2. The lowest BCUT2D eigenvalue weighted by Crippen LogP contribution is -2.21. The van der Waals surface area contributed by atoms with Crippen molar-refractivity contribution >= 4 is 44.6 Å². The van der Waals surface area contributed by atoms with Crippen LogP contribution in [0.25, 0.3) is 15.3 Å². The average Bonchev–Trinajstić information content (AvgIpc) is 3.29. The first kappa shape index (κ1) is 21.1. The number of aromatic nitrogens is 3. The van der Waals surface area contributed by atoms with Crippen molar-refractivity contribution < 1.29 is 18.3 Å². The summed E-state index contributed by atoms with van der Waals surface area (Å²) >= 11 is 6.99. The topological polar surface area (TPSA) is 83.3 Å². The maximum atomic E-state index is 13.8. The molecule has 0 spiro atoms. The number of halogens is 4. The molecule has 4 rings (SSSR count). The van der Waals surface area contributed by atoms with E-state index >= 15 is 0 Å².